The highest BCUT2D eigenvalue weighted by atomic mass is 16.7. The third kappa shape index (κ3) is 6.83. The largest absolute Gasteiger partial charge is 0.442 e. The zero-order valence-corrected chi connectivity index (χ0v) is 7.38. The summed E-state index contributed by atoms with van der Waals surface area (Å²) in [7, 11) is 0. The molecule has 1 N–H and O–H groups in total. The number of amides is 1. The second kappa shape index (κ2) is 4.57. The van der Waals surface area contributed by atoms with Crippen LogP contribution in [0.2, 0.25) is 0 Å². The average molecular weight is 172 g/mol. The number of rotatable bonds is 2. The van der Waals surface area contributed by atoms with Crippen LogP contribution in [0, 0.1) is 11.3 Å². The van der Waals surface area contributed by atoms with Crippen LogP contribution in [0.4, 0.5) is 4.79 Å². The Morgan fingerprint density at radius 3 is 2.58 bits per heavy atom. The molecule has 68 valence electrons. The molecule has 0 radical (unpaired) electrons. The second-order valence-corrected chi connectivity index (χ2v) is 3.05. The molecule has 1 amide bonds. The number of hydrogen-bond donors (Lipinski definition) is 1. The van der Waals surface area contributed by atoms with Gasteiger partial charge in [0.05, 0.1) is 6.07 Å². The number of carbonyl (C=O) groups is 1. The normalized spacial score (nSPS) is 10.2. The third-order valence-electron chi connectivity index (χ3n) is 0.691. The molecular formula is C7H12N2O3. The minimum absolute atomic E-state index is 0.195. The molecular weight excluding hydrogens is 160 g/mol. The maximum Gasteiger partial charge on any atom is 0.431 e. The quantitative estimate of drug-likeness (QED) is 0.497. The van der Waals surface area contributed by atoms with Crippen LogP contribution in [-0.4, -0.2) is 18.3 Å². The maximum absolute atomic E-state index is 10.8. The van der Waals surface area contributed by atoms with Crippen molar-refractivity contribution in [3.05, 3.63) is 0 Å². The Hall–Kier alpha value is -1.28. The van der Waals surface area contributed by atoms with Crippen molar-refractivity contribution in [3.8, 4) is 6.07 Å². The van der Waals surface area contributed by atoms with Crippen LogP contribution in [0.5, 0.6) is 0 Å². The van der Waals surface area contributed by atoms with Gasteiger partial charge in [-0.3, -0.25) is 4.84 Å². The molecule has 0 fully saturated rings. The van der Waals surface area contributed by atoms with Crippen molar-refractivity contribution in [1.82, 2.24) is 5.48 Å². The molecule has 0 heterocycles. The van der Waals surface area contributed by atoms with E-state index in [1.807, 2.05) is 5.48 Å². The van der Waals surface area contributed by atoms with Crippen molar-refractivity contribution in [3.63, 3.8) is 0 Å². The number of carbonyl (C=O) groups excluding carboxylic acids is 1. The number of nitriles is 1. The van der Waals surface area contributed by atoms with Crippen LogP contribution in [-0.2, 0) is 9.57 Å². The number of hydroxylamine groups is 1. The van der Waals surface area contributed by atoms with Gasteiger partial charge < -0.3 is 4.74 Å². The number of nitrogens with one attached hydrogen (secondary N) is 1. The van der Waals surface area contributed by atoms with Crippen molar-refractivity contribution in [2.45, 2.75) is 26.4 Å². The maximum atomic E-state index is 10.8. The van der Waals surface area contributed by atoms with Crippen LogP contribution >= 0.6 is 0 Å². The first-order valence-electron chi connectivity index (χ1n) is 3.43. The van der Waals surface area contributed by atoms with Gasteiger partial charge in [0.25, 0.3) is 0 Å². The van der Waals surface area contributed by atoms with Crippen molar-refractivity contribution in [2.75, 3.05) is 6.61 Å². The monoisotopic (exact) mass is 172 g/mol. The summed E-state index contributed by atoms with van der Waals surface area (Å²) in [5.74, 6) is 0. The van der Waals surface area contributed by atoms with Gasteiger partial charge in [-0.2, -0.15) is 10.7 Å². The molecule has 0 saturated heterocycles. The Morgan fingerprint density at radius 2 is 2.17 bits per heavy atom. The summed E-state index contributed by atoms with van der Waals surface area (Å²) in [4.78, 5) is 15.2. The second-order valence-electron chi connectivity index (χ2n) is 3.05. The van der Waals surface area contributed by atoms with Gasteiger partial charge in [-0.15, -0.1) is 0 Å². The summed E-state index contributed by atoms with van der Waals surface area (Å²) >= 11 is 0. The molecule has 0 saturated carbocycles. The molecule has 0 aliphatic rings. The average Bonchev–Trinajstić information content (AvgIpc) is 1.84. The summed E-state index contributed by atoms with van der Waals surface area (Å²) in [5.41, 5.74) is 1.40. The number of hydrogen-bond acceptors (Lipinski definition) is 4. The smallest absolute Gasteiger partial charge is 0.431 e. The van der Waals surface area contributed by atoms with Gasteiger partial charge in [0.15, 0.2) is 6.61 Å². The van der Waals surface area contributed by atoms with Crippen LogP contribution in [0.15, 0.2) is 0 Å². The molecule has 0 atom stereocenters. The van der Waals surface area contributed by atoms with Gasteiger partial charge in [0.1, 0.15) is 5.60 Å². The van der Waals surface area contributed by atoms with Crippen molar-refractivity contribution in [1.29, 1.82) is 5.26 Å². The predicted molar refractivity (Wildman–Crippen MR) is 40.9 cm³/mol. The number of ether oxygens (including phenoxy) is 1. The molecule has 0 rings (SSSR count). The van der Waals surface area contributed by atoms with Gasteiger partial charge in [-0.25, -0.2) is 4.79 Å². The summed E-state index contributed by atoms with van der Waals surface area (Å²) in [6.07, 6.45) is -0.697. The molecule has 0 aromatic rings. The Labute approximate surface area is 71.2 Å². The minimum atomic E-state index is -0.697. The topological polar surface area (TPSA) is 71.3 Å². The molecule has 0 aliphatic carbocycles. The first-order chi connectivity index (χ1) is 5.45. The van der Waals surface area contributed by atoms with Crippen LogP contribution in [0.3, 0.4) is 0 Å². The van der Waals surface area contributed by atoms with Crippen LogP contribution < -0.4 is 5.48 Å². The van der Waals surface area contributed by atoms with Gasteiger partial charge in [0.2, 0.25) is 0 Å². The van der Waals surface area contributed by atoms with Crippen molar-refractivity contribution in [2.24, 2.45) is 0 Å². The predicted octanol–water partition coefficient (Wildman–Crippen LogP) is 0.966. The van der Waals surface area contributed by atoms with E-state index in [0.29, 0.717) is 0 Å². The zero-order chi connectivity index (χ0) is 9.61. The van der Waals surface area contributed by atoms with Gasteiger partial charge in [-0.05, 0) is 20.8 Å². The van der Waals surface area contributed by atoms with Gasteiger partial charge in [0, 0.05) is 0 Å². The highest BCUT2D eigenvalue weighted by Gasteiger charge is 2.15. The molecule has 5 heteroatoms. The summed E-state index contributed by atoms with van der Waals surface area (Å²) < 4.78 is 4.80. The van der Waals surface area contributed by atoms with E-state index in [0.717, 1.165) is 0 Å². The van der Waals surface area contributed by atoms with E-state index in [4.69, 9.17) is 10.00 Å². The third-order valence-corrected chi connectivity index (χ3v) is 0.691. The Bertz CT molecular complexity index is 190. The van der Waals surface area contributed by atoms with E-state index in [-0.39, 0.29) is 6.61 Å². The van der Waals surface area contributed by atoms with Gasteiger partial charge in [-0.1, -0.05) is 0 Å². The van der Waals surface area contributed by atoms with Crippen molar-refractivity contribution < 1.29 is 14.4 Å². The summed E-state index contributed by atoms with van der Waals surface area (Å²) in [6, 6.07) is 1.69. The molecule has 0 bridgehead atoms. The fourth-order valence-electron chi connectivity index (χ4n) is 0.426. The van der Waals surface area contributed by atoms with Crippen LogP contribution in [0.1, 0.15) is 20.8 Å². The Morgan fingerprint density at radius 1 is 1.58 bits per heavy atom. The molecule has 0 spiro atoms. The van der Waals surface area contributed by atoms with E-state index in [1.165, 1.54) is 0 Å². The first-order valence-corrected chi connectivity index (χ1v) is 3.43. The van der Waals surface area contributed by atoms with Crippen molar-refractivity contribution >= 4 is 6.09 Å². The van der Waals surface area contributed by atoms with E-state index in [1.54, 1.807) is 26.8 Å². The molecule has 0 aromatic carbocycles. The van der Waals surface area contributed by atoms with E-state index >= 15 is 0 Å². The Kier molecular flexibility index (Phi) is 4.08. The van der Waals surface area contributed by atoms with Gasteiger partial charge >= 0.3 is 6.09 Å². The fraction of sp³-hybridized carbons (Fsp3) is 0.714. The van der Waals surface area contributed by atoms with Crippen LogP contribution in [0.25, 0.3) is 0 Å². The summed E-state index contributed by atoms with van der Waals surface area (Å²) in [6.45, 7) is 5.00. The highest BCUT2D eigenvalue weighted by Crippen LogP contribution is 2.05. The fourth-order valence-corrected chi connectivity index (χ4v) is 0.426. The highest BCUT2D eigenvalue weighted by molar-refractivity contribution is 5.66. The molecule has 12 heavy (non-hydrogen) atoms. The van der Waals surface area contributed by atoms with E-state index in [9.17, 15) is 4.79 Å². The molecule has 0 aliphatic heterocycles. The lowest BCUT2D eigenvalue weighted by molar-refractivity contribution is 0.000995. The molecule has 0 unspecified atom stereocenters. The molecule has 0 aromatic heterocycles. The zero-order valence-electron chi connectivity index (χ0n) is 7.38. The lowest BCUT2D eigenvalue weighted by Gasteiger charge is -2.18. The SMILES string of the molecule is CC(C)(C)OC(=O)NOCC#N. The number of nitrogens with zero attached hydrogens (tertiary/aromatic N) is 1. The first kappa shape index (κ1) is 10.7. The lowest BCUT2D eigenvalue weighted by atomic mass is 10.2. The Balaban J connectivity index is 3.56. The standard InChI is InChI=1S/C7H12N2O3/c1-7(2,3)12-6(10)9-11-5-4-8/h5H2,1-3H3,(H,9,10). The minimum Gasteiger partial charge on any atom is -0.442 e. The van der Waals surface area contributed by atoms with E-state index < -0.39 is 11.7 Å². The van der Waals surface area contributed by atoms with E-state index in [2.05, 4.69) is 4.84 Å². The molecule has 5 nitrogen and oxygen atoms in total. The lowest BCUT2D eigenvalue weighted by Crippen LogP contribution is -2.32. The summed E-state index contributed by atoms with van der Waals surface area (Å²) in [5, 5.41) is 8.04.